The Morgan fingerprint density at radius 1 is 1.53 bits per heavy atom. The van der Waals surface area contributed by atoms with E-state index in [2.05, 4.69) is 16.8 Å². The number of hydrogen-bond donors (Lipinski definition) is 1. The van der Waals surface area contributed by atoms with E-state index in [-0.39, 0.29) is 6.79 Å². The van der Waals surface area contributed by atoms with Crippen molar-refractivity contribution >= 4 is 5.91 Å². The fourth-order valence-corrected chi connectivity index (χ4v) is 1.15. The number of nitrogens with two attached hydrogens (primary N) is 1. The molecule has 0 unspecified atom stereocenters. The zero-order valence-electron chi connectivity index (χ0n) is 7.82. The number of rotatable bonds is 1. The SMILES string of the molecule is NC(=O)C#CCc1ccc2c(n1)OCO2. The number of carbonyl (C=O) groups excluding carboxylic acids is 1. The molecule has 5 heteroatoms. The van der Waals surface area contributed by atoms with Gasteiger partial charge in [-0.05, 0) is 18.1 Å². The van der Waals surface area contributed by atoms with Crippen LogP contribution in [0.5, 0.6) is 11.6 Å². The second-order valence-corrected chi connectivity index (χ2v) is 2.86. The van der Waals surface area contributed by atoms with E-state index in [0.717, 1.165) is 0 Å². The van der Waals surface area contributed by atoms with Crippen LogP contribution < -0.4 is 15.2 Å². The molecular formula is C10H8N2O3. The van der Waals surface area contributed by atoms with Gasteiger partial charge in [0.15, 0.2) is 5.75 Å². The van der Waals surface area contributed by atoms with E-state index in [1.807, 2.05) is 0 Å². The summed E-state index contributed by atoms with van der Waals surface area (Å²) in [5.74, 6) is 5.30. The Bertz CT molecular complexity index is 459. The Balaban J connectivity index is 2.11. The molecule has 2 N–H and O–H groups in total. The smallest absolute Gasteiger partial charge is 0.293 e. The number of nitrogens with zero attached hydrogens (tertiary/aromatic N) is 1. The maximum atomic E-state index is 10.4. The lowest BCUT2D eigenvalue weighted by Crippen LogP contribution is -2.06. The first-order valence-corrected chi connectivity index (χ1v) is 4.29. The number of hydrogen-bond acceptors (Lipinski definition) is 4. The summed E-state index contributed by atoms with van der Waals surface area (Å²) in [7, 11) is 0. The van der Waals surface area contributed by atoms with Gasteiger partial charge in [-0.1, -0.05) is 5.92 Å². The summed E-state index contributed by atoms with van der Waals surface area (Å²) in [6.07, 6.45) is 0.361. The third-order valence-corrected chi connectivity index (χ3v) is 1.77. The van der Waals surface area contributed by atoms with Crippen LogP contribution in [0, 0.1) is 11.8 Å². The number of primary amides is 1. The lowest BCUT2D eigenvalue weighted by atomic mass is 10.2. The summed E-state index contributed by atoms with van der Waals surface area (Å²) in [6, 6.07) is 3.53. The largest absolute Gasteiger partial charge is 0.452 e. The topological polar surface area (TPSA) is 74.4 Å². The molecular weight excluding hydrogens is 196 g/mol. The minimum atomic E-state index is -0.643. The van der Waals surface area contributed by atoms with Crippen LogP contribution in [0.1, 0.15) is 5.69 Å². The molecule has 0 spiro atoms. The van der Waals surface area contributed by atoms with Gasteiger partial charge in [0.2, 0.25) is 6.79 Å². The van der Waals surface area contributed by atoms with Crippen molar-refractivity contribution < 1.29 is 14.3 Å². The van der Waals surface area contributed by atoms with Crippen LogP contribution >= 0.6 is 0 Å². The monoisotopic (exact) mass is 204 g/mol. The van der Waals surface area contributed by atoms with Crippen molar-refractivity contribution in [3.63, 3.8) is 0 Å². The first-order valence-electron chi connectivity index (χ1n) is 4.29. The van der Waals surface area contributed by atoms with Gasteiger partial charge in [-0.3, -0.25) is 4.79 Å². The molecule has 0 fully saturated rings. The molecule has 0 saturated heterocycles. The fraction of sp³-hybridized carbons (Fsp3) is 0.200. The average molecular weight is 204 g/mol. The van der Waals surface area contributed by atoms with E-state index >= 15 is 0 Å². The maximum Gasteiger partial charge on any atom is 0.293 e. The molecule has 1 aromatic heterocycles. The Kier molecular flexibility index (Phi) is 2.42. The van der Waals surface area contributed by atoms with Crippen LogP contribution in [0.2, 0.25) is 0 Å². The molecule has 2 rings (SSSR count). The van der Waals surface area contributed by atoms with Crippen molar-refractivity contribution in [3.8, 4) is 23.5 Å². The molecule has 0 saturated carbocycles. The normalized spacial score (nSPS) is 11.7. The van der Waals surface area contributed by atoms with E-state index in [1.165, 1.54) is 0 Å². The van der Waals surface area contributed by atoms with E-state index in [4.69, 9.17) is 15.2 Å². The van der Waals surface area contributed by atoms with Gasteiger partial charge in [-0.25, -0.2) is 4.98 Å². The minimum absolute atomic E-state index is 0.193. The van der Waals surface area contributed by atoms with Gasteiger partial charge in [0, 0.05) is 0 Å². The van der Waals surface area contributed by atoms with Crippen LogP contribution in [-0.2, 0) is 11.2 Å². The van der Waals surface area contributed by atoms with Crippen LogP contribution in [0.4, 0.5) is 0 Å². The Labute approximate surface area is 86.2 Å². The zero-order valence-corrected chi connectivity index (χ0v) is 7.82. The second kappa shape index (κ2) is 3.88. The third-order valence-electron chi connectivity index (χ3n) is 1.77. The van der Waals surface area contributed by atoms with Gasteiger partial charge in [0.1, 0.15) is 0 Å². The predicted octanol–water partition coefficient (Wildman–Crippen LogP) is -0.159. The number of amides is 1. The lowest BCUT2D eigenvalue weighted by molar-refractivity contribution is -0.112. The van der Waals surface area contributed by atoms with Crippen LogP contribution in [0.3, 0.4) is 0 Å². The molecule has 0 atom stereocenters. The van der Waals surface area contributed by atoms with Crippen LogP contribution in [0.15, 0.2) is 12.1 Å². The molecule has 2 heterocycles. The summed E-state index contributed by atoms with van der Waals surface area (Å²) in [4.78, 5) is 14.5. The number of fused-ring (bicyclic) bond motifs is 1. The van der Waals surface area contributed by atoms with Crippen molar-refractivity contribution in [1.29, 1.82) is 0 Å². The summed E-state index contributed by atoms with van der Waals surface area (Å²) >= 11 is 0. The van der Waals surface area contributed by atoms with Crippen LogP contribution in [-0.4, -0.2) is 17.7 Å². The van der Waals surface area contributed by atoms with Crippen molar-refractivity contribution in [3.05, 3.63) is 17.8 Å². The van der Waals surface area contributed by atoms with Gasteiger partial charge >= 0.3 is 0 Å². The molecule has 1 amide bonds. The van der Waals surface area contributed by atoms with E-state index < -0.39 is 5.91 Å². The maximum absolute atomic E-state index is 10.4. The van der Waals surface area contributed by atoms with Crippen molar-refractivity contribution in [1.82, 2.24) is 4.98 Å². The highest BCUT2D eigenvalue weighted by atomic mass is 16.7. The number of aromatic nitrogens is 1. The van der Waals surface area contributed by atoms with Crippen molar-refractivity contribution in [2.45, 2.75) is 6.42 Å². The molecule has 0 radical (unpaired) electrons. The minimum Gasteiger partial charge on any atom is -0.452 e. The summed E-state index contributed by atoms with van der Waals surface area (Å²) in [5.41, 5.74) is 5.58. The highest BCUT2D eigenvalue weighted by Gasteiger charge is 2.14. The van der Waals surface area contributed by atoms with Gasteiger partial charge < -0.3 is 15.2 Å². The number of ether oxygens (including phenoxy) is 2. The van der Waals surface area contributed by atoms with Gasteiger partial charge in [0.05, 0.1) is 12.1 Å². The fourth-order valence-electron chi connectivity index (χ4n) is 1.15. The van der Waals surface area contributed by atoms with Crippen molar-refractivity contribution in [2.75, 3.05) is 6.79 Å². The van der Waals surface area contributed by atoms with Gasteiger partial charge in [-0.2, -0.15) is 0 Å². The quantitative estimate of drug-likeness (QED) is 0.645. The average Bonchev–Trinajstić information content (AvgIpc) is 2.64. The molecule has 0 aliphatic carbocycles. The zero-order chi connectivity index (χ0) is 10.7. The van der Waals surface area contributed by atoms with Crippen molar-refractivity contribution in [2.24, 2.45) is 5.73 Å². The summed E-state index contributed by atoms with van der Waals surface area (Å²) in [5, 5.41) is 0. The molecule has 15 heavy (non-hydrogen) atoms. The molecule has 76 valence electrons. The van der Waals surface area contributed by atoms with Gasteiger partial charge in [-0.15, -0.1) is 0 Å². The van der Waals surface area contributed by atoms with Crippen LogP contribution in [0.25, 0.3) is 0 Å². The lowest BCUT2D eigenvalue weighted by Gasteiger charge is -1.96. The molecule has 1 aliphatic rings. The highest BCUT2D eigenvalue weighted by Crippen LogP contribution is 2.29. The second-order valence-electron chi connectivity index (χ2n) is 2.86. The first kappa shape index (κ1) is 9.34. The molecule has 0 aromatic carbocycles. The summed E-state index contributed by atoms with van der Waals surface area (Å²) < 4.78 is 10.2. The molecule has 1 aromatic rings. The number of pyridine rings is 1. The number of carbonyl (C=O) groups is 1. The predicted molar refractivity (Wildman–Crippen MR) is 51.0 cm³/mol. The van der Waals surface area contributed by atoms with E-state index in [1.54, 1.807) is 12.1 Å². The first-order chi connectivity index (χ1) is 7.25. The Morgan fingerprint density at radius 3 is 3.20 bits per heavy atom. The van der Waals surface area contributed by atoms with E-state index in [0.29, 0.717) is 23.7 Å². The highest BCUT2D eigenvalue weighted by molar-refractivity contribution is 5.91. The molecule has 5 nitrogen and oxygen atoms in total. The molecule has 0 bridgehead atoms. The standard InChI is InChI=1S/C10H8N2O3/c11-9(13)3-1-2-7-4-5-8-10(12-7)15-6-14-8/h4-5H,2,6H2,(H2,11,13). The summed E-state index contributed by atoms with van der Waals surface area (Å²) in [6.45, 7) is 0.193. The Morgan fingerprint density at radius 2 is 2.40 bits per heavy atom. The van der Waals surface area contributed by atoms with Gasteiger partial charge in [0.25, 0.3) is 11.8 Å². The third kappa shape index (κ3) is 2.17. The van der Waals surface area contributed by atoms with E-state index in [9.17, 15) is 4.79 Å². The Hall–Kier alpha value is -2.22. The molecule has 1 aliphatic heterocycles.